The fourth-order valence-corrected chi connectivity index (χ4v) is 3.03. The van der Waals surface area contributed by atoms with Crippen LogP contribution in [0.5, 0.6) is 0 Å². The Morgan fingerprint density at radius 1 is 1.11 bits per heavy atom. The number of rotatable bonds is 2. The first kappa shape index (κ1) is 13.2. The number of halogens is 1. The highest BCUT2D eigenvalue weighted by atomic mass is 35.5. The summed E-state index contributed by atoms with van der Waals surface area (Å²) in [7, 11) is 0. The molecule has 104 valence electrons. The van der Waals surface area contributed by atoms with Crippen LogP contribution in [0.3, 0.4) is 0 Å². The smallest absolute Gasteiger partial charge is 0.128 e. The van der Waals surface area contributed by atoms with Crippen LogP contribution in [0.25, 0.3) is 0 Å². The first-order valence-corrected chi connectivity index (χ1v) is 7.39. The van der Waals surface area contributed by atoms with Crippen LogP contribution in [0.2, 0.25) is 5.02 Å². The minimum absolute atomic E-state index is 0.699. The Kier molecular flexibility index (Phi) is 4.21. The zero-order chi connectivity index (χ0) is 13.1. The van der Waals surface area contributed by atoms with Crippen LogP contribution < -0.4 is 4.90 Å². The van der Waals surface area contributed by atoms with Crippen molar-refractivity contribution >= 4 is 17.4 Å². The molecule has 0 spiro atoms. The van der Waals surface area contributed by atoms with Crippen LogP contribution >= 0.6 is 11.6 Å². The van der Waals surface area contributed by atoms with Gasteiger partial charge in [-0.1, -0.05) is 11.6 Å². The molecule has 19 heavy (non-hydrogen) atoms. The van der Waals surface area contributed by atoms with E-state index < -0.39 is 0 Å². The van der Waals surface area contributed by atoms with E-state index in [9.17, 15) is 0 Å². The van der Waals surface area contributed by atoms with E-state index in [0.717, 1.165) is 45.2 Å². The van der Waals surface area contributed by atoms with Crippen molar-refractivity contribution in [3.63, 3.8) is 0 Å². The number of nitrogens with zero attached hydrogens (tertiary/aromatic N) is 3. The summed E-state index contributed by atoms with van der Waals surface area (Å²) in [6, 6.07) is 4.63. The van der Waals surface area contributed by atoms with Gasteiger partial charge in [0.15, 0.2) is 0 Å². The second kappa shape index (κ2) is 6.07. The number of pyridine rings is 1. The Balaban J connectivity index is 1.55. The van der Waals surface area contributed by atoms with Crippen molar-refractivity contribution in [2.45, 2.75) is 18.9 Å². The third kappa shape index (κ3) is 3.19. The summed E-state index contributed by atoms with van der Waals surface area (Å²) in [4.78, 5) is 9.34. The van der Waals surface area contributed by atoms with Gasteiger partial charge < -0.3 is 9.64 Å². The molecule has 1 aromatic heterocycles. The number of ether oxygens (including phenoxy) is 1. The summed E-state index contributed by atoms with van der Waals surface area (Å²) in [5.41, 5.74) is 0. The first-order chi connectivity index (χ1) is 9.33. The standard InChI is InChI=1S/C14H20ClN3O/c15-12-1-2-14(16-11-12)18-7-5-17(6-8-18)13-3-9-19-10-4-13/h1-2,11,13H,3-10H2. The minimum Gasteiger partial charge on any atom is -0.381 e. The first-order valence-electron chi connectivity index (χ1n) is 7.01. The fourth-order valence-electron chi connectivity index (χ4n) is 2.92. The van der Waals surface area contributed by atoms with Crippen LogP contribution in [0.15, 0.2) is 18.3 Å². The number of anilines is 1. The molecule has 0 unspecified atom stereocenters. The zero-order valence-electron chi connectivity index (χ0n) is 11.1. The van der Waals surface area contributed by atoms with Gasteiger partial charge in [0, 0.05) is 51.6 Å². The van der Waals surface area contributed by atoms with E-state index in [1.165, 1.54) is 12.8 Å². The summed E-state index contributed by atoms with van der Waals surface area (Å²) in [5, 5.41) is 0.699. The maximum Gasteiger partial charge on any atom is 0.128 e. The lowest BCUT2D eigenvalue weighted by atomic mass is 10.1. The Morgan fingerprint density at radius 2 is 1.84 bits per heavy atom. The Hall–Kier alpha value is -0.840. The molecule has 2 saturated heterocycles. The van der Waals surface area contributed by atoms with Crippen molar-refractivity contribution in [3.8, 4) is 0 Å². The summed E-state index contributed by atoms with van der Waals surface area (Å²) < 4.78 is 5.43. The van der Waals surface area contributed by atoms with Gasteiger partial charge in [0.25, 0.3) is 0 Å². The van der Waals surface area contributed by atoms with Gasteiger partial charge >= 0.3 is 0 Å². The van der Waals surface area contributed by atoms with Gasteiger partial charge in [-0.2, -0.15) is 0 Å². The van der Waals surface area contributed by atoms with E-state index in [1.54, 1.807) is 6.20 Å². The Labute approximate surface area is 119 Å². The summed E-state index contributed by atoms with van der Waals surface area (Å²) in [6.45, 7) is 6.18. The molecule has 0 radical (unpaired) electrons. The van der Waals surface area contributed by atoms with Gasteiger partial charge in [0.05, 0.1) is 5.02 Å². The maximum absolute atomic E-state index is 5.87. The molecule has 3 rings (SSSR count). The van der Waals surface area contributed by atoms with Gasteiger partial charge in [-0.3, -0.25) is 4.90 Å². The van der Waals surface area contributed by atoms with E-state index in [1.807, 2.05) is 12.1 Å². The Bertz CT molecular complexity index is 398. The molecule has 2 aliphatic rings. The molecule has 0 N–H and O–H groups in total. The van der Waals surface area contributed by atoms with Crippen LogP contribution in [0.1, 0.15) is 12.8 Å². The monoisotopic (exact) mass is 281 g/mol. The van der Waals surface area contributed by atoms with Crippen molar-refractivity contribution in [2.75, 3.05) is 44.3 Å². The quantitative estimate of drug-likeness (QED) is 0.829. The summed E-state index contributed by atoms with van der Waals surface area (Å²) in [6.07, 6.45) is 4.08. The zero-order valence-corrected chi connectivity index (χ0v) is 11.9. The lowest BCUT2D eigenvalue weighted by Gasteiger charge is -2.41. The molecule has 2 fully saturated rings. The van der Waals surface area contributed by atoms with Gasteiger partial charge in [-0.25, -0.2) is 4.98 Å². The highest BCUT2D eigenvalue weighted by Gasteiger charge is 2.25. The van der Waals surface area contributed by atoms with Crippen molar-refractivity contribution in [1.82, 2.24) is 9.88 Å². The highest BCUT2D eigenvalue weighted by Crippen LogP contribution is 2.20. The maximum atomic E-state index is 5.87. The summed E-state index contributed by atoms with van der Waals surface area (Å²) >= 11 is 5.87. The SMILES string of the molecule is Clc1ccc(N2CCN(C3CCOCC3)CC2)nc1. The summed E-state index contributed by atoms with van der Waals surface area (Å²) in [5.74, 6) is 1.04. The average molecular weight is 282 g/mol. The van der Waals surface area contributed by atoms with Gasteiger partial charge in [-0.15, -0.1) is 0 Å². The predicted molar refractivity (Wildman–Crippen MR) is 76.9 cm³/mol. The van der Waals surface area contributed by atoms with Crippen molar-refractivity contribution < 1.29 is 4.74 Å². The molecule has 5 heteroatoms. The predicted octanol–water partition coefficient (Wildman–Crippen LogP) is 2.04. The van der Waals surface area contributed by atoms with Crippen molar-refractivity contribution in [1.29, 1.82) is 0 Å². The second-order valence-corrected chi connectivity index (χ2v) is 5.64. The van der Waals surface area contributed by atoms with E-state index in [4.69, 9.17) is 16.3 Å². The third-order valence-electron chi connectivity index (χ3n) is 4.06. The molecule has 0 saturated carbocycles. The van der Waals surface area contributed by atoms with Crippen molar-refractivity contribution in [3.05, 3.63) is 23.4 Å². The van der Waals surface area contributed by atoms with E-state index in [0.29, 0.717) is 11.1 Å². The van der Waals surface area contributed by atoms with Crippen LogP contribution in [-0.4, -0.2) is 55.3 Å². The van der Waals surface area contributed by atoms with E-state index in [2.05, 4.69) is 14.8 Å². The highest BCUT2D eigenvalue weighted by molar-refractivity contribution is 6.30. The largest absolute Gasteiger partial charge is 0.381 e. The second-order valence-electron chi connectivity index (χ2n) is 5.20. The average Bonchev–Trinajstić information content (AvgIpc) is 2.49. The molecule has 4 nitrogen and oxygen atoms in total. The normalized spacial score (nSPS) is 22.7. The van der Waals surface area contributed by atoms with Crippen LogP contribution in [0.4, 0.5) is 5.82 Å². The molecule has 0 atom stereocenters. The molecule has 3 heterocycles. The molecule has 0 amide bonds. The molecule has 0 aliphatic carbocycles. The van der Waals surface area contributed by atoms with Crippen LogP contribution in [-0.2, 0) is 4.74 Å². The number of hydrogen-bond acceptors (Lipinski definition) is 4. The van der Waals surface area contributed by atoms with Gasteiger partial charge in [0.2, 0.25) is 0 Å². The molecule has 2 aliphatic heterocycles. The number of piperazine rings is 1. The third-order valence-corrected chi connectivity index (χ3v) is 4.28. The fraction of sp³-hybridized carbons (Fsp3) is 0.643. The number of aromatic nitrogens is 1. The number of hydrogen-bond donors (Lipinski definition) is 0. The van der Waals surface area contributed by atoms with Crippen LogP contribution in [0, 0.1) is 0 Å². The van der Waals surface area contributed by atoms with Gasteiger partial charge in [0.1, 0.15) is 5.82 Å². The minimum atomic E-state index is 0.699. The molecule has 0 bridgehead atoms. The lowest BCUT2D eigenvalue weighted by molar-refractivity contribution is 0.0321. The van der Waals surface area contributed by atoms with E-state index in [-0.39, 0.29) is 0 Å². The Morgan fingerprint density at radius 3 is 2.47 bits per heavy atom. The van der Waals surface area contributed by atoms with Gasteiger partial charge in [-0.05, 0) is 25.0 Å². The molecular weight excluding hydrogens is 262 g/mol. The molecular formula is C14H20ClN3O. The topological polar surface area (TPSA) is 28.6 Å². The van der Waals surface area contributed by atoms with E-state index >= 15 is 0 Å². The molecule has 1 aromatic rings. The lowest BCUT2D eigenvalue weighted by Crippen LogP contribution is -2.51. The van der Waals surface area contributed by atoms with Crippen molar-refractivity contribution in [2.24, 2.45) is 0 Å². The molecule has 0 aromatic carbocycles.